The van der Waals surface area contributed by atoms with E-state index in [1.54, 1.807) is 0 Å². The third-order valence-electron chi connectivity index (χ3n) is 4.45. The number of hydrogen-bond donors (Lipinski definition) is 2. The molecule has 3 aromatic carbocycles. The molecule has 2 N–H and O–H groups in total. The molecule has 162 valence electrons. The highest BCUT2D eigenvalue weighted by molar-refractivity contribution is 9.10. The average molecular weight is 504 g/mol. The van der Waals surface area contributed by atoms with Crippen molar-refractivity contribution >= 4 is 44.8 Å². The summed E-state index contributed by atoms with van der Waals surface area (Å²) < 4.78 is 12.5. The molecule has 0 spiro atoms. The molecule has 0 fully saturated rings. The van der Waals surface area contributed by atoms with Gasteiger partial charge in [-0.1, -0.05) is 45.7 Å². The Hall–Kier alpha value is -2.70. The number of hydrogen-bond acceptors (Lipinski definition) is 4. The fraction of sp³-hybridized carbons (Fsp3) is 0.208. The first-order chi connectivity index (χ1) is 15.0. The van der Waals surface area contributed by atoms with Crippen molar-refractivity contribution in [3.05, 3.63) is 81.3 Å². The standard InChI is InChI=1S/C24H24BrClN2O3/c1-3-30-22-13-17(14-27-21-10-9-18(25)11-16(21)2)12-20(26)24(22)31-15-23(29)28-19-7-5-4-6-8-19/h4-13,27H,3,14-15H2,1-2H3,(H,28,29). The monoisotopic (exact) mass is 502 g/mol. The van der Waals surface area contributed by atoms with Crippen molar-refractivity contribution in [2.75, 3.05) is 23.8 Å². The van der Waals surface area contributed by atoms with E-state index in [2.05, 4.69) is 32.6 Å². The van der Waals surface area contributed by atoms with Crippen molar-refractivity contribution < 1.29 is 14.3 Å². The quantitative estimate of drug-likeness (QED) is 0.353. The van der Waals surface area contributed by atoms with E-state index in [9.17, 15) is 4.79 Å². The zero-order valence-corrected chi connectivity index (χ0v) is 19.7. The van der Waals surface area contributed by atoms with Gasteiger partial charge in [-0.25, -0.2) is 0 Å². The number of carbonyl (C=O) groups excluding carboxylic acids is 1. The summed E-state index contributed by atoms with van der Waals surface area (Å²) in [5.41, 5.74) is 3.82. The highest BCUT2D eigenvalue weighted by Gasteiger charge is 2.15. The number of amides is 1. The number of benzene rings is 3. The molecule has 7 heteroatoms. The van der Waals surface area contributed by atoms with Crippen LogP contribution in [0.25, 0.3) is 0 Å². The molecule has 3 rings (SSSR count). The minimum Gasteiger partial charge on any atom is -0.490 e. The molecule has 0 aliphatic carbocycles. The molecular formula is C24H24BrClN2O3. The molecular weight excluding hydrogens is 480 g/mol. The molecule has 31 heavy (non-hydrogen) atoms. The lowest BCUT2D eigenvalue weighted by molar-refractivity contribution is -0.118. The molecule has 0 aromatic heterocycles. The van der Waals surface area contributed by atoms with Crippen LogP contribution in [0, 0.1) is 6.92 Å². The van der Waals surface area contributed by atoms with E-state index < -0.39 is 0 Å². The molecule has 0 saturated carbocycles. The molecule has 3 aromatic rings. The first-order valence-corrected chi connectivity index (χ1v) is 11.1. The van der Waals surface area contributed by atoms with Gasteiger partial charge in [0.2, 0.25) is 0 Å². The lowest BCUT2D eigenvalue weighted by Gasteiger charge is -2.16. The number of carbonyl (C=O) groups is 1. The second-order valence-corrected chi connectivity index (χ2v) is 8.18. The van der Waals surface area contributed by atoms with Gasteiger partial charge in [0.25, 0.3) is 5.91 Å². The van der Waals surface area contributed by atoms with Gasteiger partial charge in [0.05, 0.1) is 11.6 Å². The third kappa shape index (κ3) is 6.64. The summed E-state index contributed by atoms with van der Waals surface area (Å²) in [5.74, 6) is 0.586. The van der Waals surface area contributed by atoms with Crippen molar-refractivity contribution in [1.82, 2.24) is 0 Å². The van der Waals surface area contributed by atoms with Crippen LogP contribution in [-0.4, -0.2) is 19.1 Å². The van der Waals surface area contributed by atoms with Crippen LogP contribution >= 0.6 is 27.5 Å². The highest BCUT2D eigenvalue weighted by atomic mass is 79.9. The Morgan fingerprint density at radius 1 is 1.06 bits per heavy atom. The summed E-state index contributed by atoms with van der Waals surface area (Å²) in [5, 5.41) is 6.58. The summed E-state index contributed by atoms with van der Waals surface area (Å²) >= 11 is 9.95. The lowest BCUT2D eigenvalue weighted by Crippen LogP contribution is -2.20. The number of anilines is 2. The minimum atomic E-state index is -0.277. The second-order valence-electron chi connectivity index (χ2n) is 6.85. The zero-order chi connectivity index (χ0) is 22.2. The van der Waals surface area contributed by atoms with E-state index in [1.165, 1.54) is 0 Å². The maximum atomic E-state index is 12.2. The van der Waals surface area contributed by atoms with Gasteiger partial charge in [0.15, 0.2) is 18.1 Å². The summed E-state index contributed by atoms with van der Waals surface area (Å²) in [7, 11) is 0. The van der Waals surface area contributed by atoms with Crippen LogP contribution in [0.2, 0.25) is 5.02 Å². The summed E-state index contributed by atoms with van der Waals surface area (Å²) in [4.78, 5) is 12.2. The van der Waals surface area contributed by atoms with E-state index in [-0.39, 0.29) is 12.5 Å². The fourth-order valence-corrected chi connectivity index (χ4v) is 3.77. The average Bonchev–Trinajstić information content (AvgIpc) is 2.73. The SMILES string of the molecule is CCOc1cc(CNc2ccc(Br)cc2C)cc(Cl)c1OCC(=O)Nc1ccccc1. The Morgan fingerprint density at radius 2 is 1.84 bits per heavy atom. The van der Waals surface area contributed by atoms with Crippen LogP contribution in [0.4, 0.5) is 11.4 Å². The first kappa shape index (κ1) is 23.0. The van der Waals surface area contributed by atoms with Crippen molar-refractivity contribution in [2.45, 2.75) is 20.4 Å². The number of halogens is 2. The molecule has 0 atom stereocenters. The van der Waals surface area contributed by atoms with Gasteiger partial charge in [0, 0.05) is 22.4 Å². The Morgan fingerprint density at radius 3 is 2.55 bits per heavy atom. The Labute approximate surface area is 195 Å². The molecule has 1 amide bonds. The lowest BCUT2D eigenvalue weighted by atomic mass is 10.1. The second kappa shape index (κ2) is 11.1. The third-order valence-corrected chi connectivity index (χ3v) is 5.22. The normalized spacial score (nSPS) is 10.5. The maximum Gasteiger partial charge on any atom is 0.262 e. The molecule has 0 heterocycles. The summed E-state index contributed by atoms with van der Waals surface area (Å²) in [6, 6.07) is 19.0. The Balaban J connectivity index is 1.68. The molecule has 5 nitrogen and oxygen atoms in total. The van der Waals surface area contributed by atoms with Crippen LogP contribution in [0.15, 0.2) is 65.1 Å². The van der Waals surface area contributed by atoms with E-state index in [4.69, 9.17) is 21.1 Å². The van der Waals surface area contributed by atoms with E-state index in [0.717, 1.165) is 21.3 Å². The smallest absolute Gasteiger partial charge is 0.262 e. The summed E-state index contributed by atoms with van der Waals surface area (Å²) in [6.07, 6.45) is 0. The number of nitrogens with one attached hydrogen (secondary N) is 2. The number of rotatable bonds is 9. The minimum absolute atomic E-state index is 0.176. The molecule has 0 unspecified atom stereocenters. The number of aryl methyl sites for hydroxylation is 1. The van der Waals surface area contributed by atoms with Crippen LogP contribution in [0.5, 0.6) is 11.5 Å². The predicted molar refractivity (Wildman–Crippen MR) is 129 cm³/mol. The van der Waals surface area contributed by atoms with E-state index >= 15 is 0 Å². The topological polar surface area (TPSA) is 59.6 Å². The van der Waals surface area contributed by atoms with Gasteiger partial charge < -0.3 is 20.1 Å². The molecule has 0 bridgehead atoms. The van der Waals surface area contributed by atoms with Crippen LogP contribution in [0.1, 0.15) is 18.1 Å². The van der Waals surface area contributed by atoms with Crippen molar-refractivity contribution in [3.8, 4) is 11.5 Å². The van der Waals surface area contributed by atoms with E-state index in [1.807, 2.05) is 68.4 Å². The van der Waals surface area contributed by atoms with Crippen LogP contribution < -0.4 is 20.1 Å². The van der Waals surface area contributed by atoms with Gasteiger partial charge in [-0.15, -0.1) is 0 Å². The Bertz CT molecular complexity index is 1040. The molecule has 0 aliphatic rings. The maximum absolute atomic E-state index is 12.2. The van der Waals surface area contributed by atoms with E-state index in [0.29, 0.717) is 35.4 Å². The van der Waals surface area contributed by atoms with Gasteiger partial charge in [-0.2, -0.15) is 0 Å². The van der Waals surface area contributed by atoms with Crippen LogP contribution in [0.3, 0.4) is 0 Å². The largest absolute Gasteiger partial charge is 0.490 e. The van der Waals surface area contributed by atoms with Gasteiger partial charge >= 0.3 is 0 Å². The van der Waals surface area contributed by atoms with Crippen molar-refractivity contribution in [1.29, 1.82) is 0 Å². The number of ether oxygens (including phenoxy) is 2. The van der Waals surface area contributed by atoms with Crippen LogP contribution in [-0.2, 0) is 11.3 Å². The number of para-hydroxylation sites is 1. The van der Waals surface area contributed by atoms with Gasteiger partial charge in [0.1, 0.15) is 0 Å². The first-order valence-electron chi connectivity index (χ1n) is 9.89. The zero-order valence-electron chi connectivity index (χ0n) is 17.4. The molecule has 0 aliphatic heterocycles. The summed E-state index contributed by atoms with van der Waals surface area (Å²) in [6.45, 7) is 4.77. The molecule has 0 radical (unpaired) electrons. The highest BCUT2D eigenvalue weighted by Crippen LogP contribution is 2.37. The Kier molecular flexibility index (Phi) is 8.20. The molecule has 0 saturated heterocycles. The predicted octanol–water partition coefficient (Wildman–Crippen LogP) is 6.44. The fourth-order valence-electron chi connectivity index (χ4n) is 3.01. The van der Waals surface area contributed by atoms with Gasteiger partial charge in [-0.3, -0.25) is 4.79 Å². The van der Waals surface area contributed by atoms with Crippen molar-refractivity contribution in [3.63, 3.8) is 0 Å². The van der Waals surface area contributed by atoms with Gasteiger partial charge in [-0.05, 0) is 67.4 Å². The van der Waals surface area contributed by atoms with Crippen molar-refractivity contribution in [2.24, 2.45) is 0 Å².